The van der Waals surface area contributed by atoms with Gasteiger partial charge in [-0.1, -0.05) is 38.0 Å². The Morgan fingerprint density at radius 3 is 2.64 bits per heavy atom. The van der Waals surface area contributed by atoms with Crippen LogP contribution < -0.4 is 5.32 Å². The monoisotopic (exact) mass is 345 g/mol. The van der Waals surface area contributed by atoms with Crippen molar-refractivity contribution in [2.75, 3.05) is 6.54 Å². The summed E-state index contributed by atoms with van der Waals surface area (Å²) in [7, 11) is 0. The lowest BCUT2D eigenvalue weighted by Crippen LogP contribution is -2.45. The second-order valence-corrected chi connectivity index (χ2v) is 6.81. The highest BCUT2D eigenvalue weighted by Gasteiger charge is 2.27. The van der Waals surface area contributed by atoms with E-state index in [1.54, 1.807) is 6.92 Å². The first-order valence-corrected chi connectivity index (χ1v) is 8.70. The molecule has 2 atom stereocenters. The number of amides is 1. The highest BCUT2D eigenvalue weighted by atomic mass is 16.4. The third kappa shape index (κ3) is 5.39. The average molecular weight is 345 g/mol. The van der Waals surface area contributed by atoms with Gasteiger partial charge in [-0.3, -0.25) is 4.79 Å². The summed E-state index contributed by atoms with van der Waals surface area (Å²) >= 11 is 0. The summed E-state index contributed by atoms with van der Waals surface area (Å²) in [6.07, 6.45) is 1.47. The maximum absolute atomic E-state index is 12.0. The van der Waals surface area contributed by atoms with Gasteiger partial charge in [-0.15, -0.1) is 10.2 Å². The molecule has 1 amide bonds. The van der Waals surface area contributed by atoms with Crippen LogP contribution >= 0.6 is 0 Å². The standard InChI is InChI=1S/C19H27N3O3/c1-5-14(3)19(4,24)12-20-16(23)10-11-17-21-22-18(25-17)15-8-6-13(2)7-9-15/h6-9,14,24H,5,10-12H2,1-4H3,(H,20,23). The van der Waals surface area contributed by atoms with E-state index in [9.17, 15) is 9.90 Å². The van der Waals surface area contributed by atoms with Gasteiger partial charge in [0.1, 0.15) is 0 Å². The second kappa shape index (κ2) is 8.25. The molecule has 1 aromatic heterocycles. The molecule has 1 heterocycles. The van der Waals surface area contributed by atoms with E-state index in [-0.39, 0.29) is 24.8 Å². The second-order valence-electron chi connectivity index (χ2n) is 6.81. The number of benzene rings is 1. The van der Waals surface area contributed by atoms with Gasteiger partial charge in [-0.25, -0.2) is 0 Å². The van der Waals surface area contributed by atoms with Crippen LogP contribution in [0.4, 0.5) is 0 Å². The van der Waals surface area contributed by atoms with Crippen molar-refractivity contribution in [1.82, 2.24) is 15.5 Å². The molecule has 6 heteroatoms. The fourth-order valence-corrected chi connectivity index (χ4v) is 2.37. The first-order valence-electron chi connectivity index (χ1n) is 8.70. The lowest BCUT2D eigenvalue weighted by atomic mass is 9.88. The van der Waals surface area contributed by atoms with Crippen LogP contribution in [0.25, 0.3) is 11.5 Å². The number of hydrogen-bond donors (Lipinski definition) is 2. The number of aliphatic hydroxyl groups is 1. The third-order valence-corrected chi connectivity index (χ3v) is 4.65. The van der Waals surface area contributed by atoms with Gasteiger partial charge in [-0.2, -0.15) is 0 Å². The van der Waals surface area contributed by atoms with E-state index in [1.807, 2.05) is 45.0 Å². The first-order chi connectivity index (χ1) is 11.8. The third-order valence-electron chi connectivity index (χ3n) is 4.65. The molecule has 1 aromatic carbocycles. The van der Waals surface area contributed by atoms with Gasteiger partial charge < -0.3 is 14.8 Å². The van der Waals surface area contributed by atoms with Gasteiger partial charge in [0.25, 0.3) is 0 Å². The maximum atomic E-state index is 12.0. The fraction of sp³-hybridized carbons (Fsp3) is 0.526. The van der Waals surface area contributed by atoms with E-state index in [0.717, 1.165) is 17.5 Å². The van der Waals surface area contributed by atoms with E-state index in [0.29, 0.717) is 18.2 Å². The van der Waals surface area contributed by atoms with Crippen LogP contribution in [0.15, 0.2) is 28.7 Å². The Kier molecular flexibility index (Phi) is 6.31. The zero-order valence-corrected chi connectivity index (χ0v) is 15.4. The Labute approximate surface area is 148 Å². The quantitative estimate of drug-likeness (QED) is 0.768. The summed E-state index contributed by atoms with van der Waals surface area (Å²) < 4.78 is 5.61. The van der Waals surface area contributed by atoms with E-state index >= 15 is 0 Å². The Bertz CT molecular complexity index is 692. The number of nitrogens with one attached hydrogen (secondary N) is 1. The molecule has 136 valence electrons. The minimum atomic E-state index is -0.909. The van der Waals surface area contributed by atoms with Crippen LogP contribution in [0.2, 0.25) is 0 Å². The van der Waals surface area contributed by atoms with E-state index < -0.39 is 5.60 Å². The van der Waals surface area contributed by atoms with Gasteiger partial charge in [0.2, 0.25) is 17.7 Å². The fourth-order valence-electron chi connectivity index (χ4n) is 2.37. The number of aromatic nitrogens is 2. The van der Waals surface area contributed by atoms with E-state index in [2.05, 4.69) is 15.5 Å². The number of rotatable bonds is 8. The molecule has 2 aromatic rings. The molecule has 2 unspecified atom stereocenters. The number of nitrogens with zero attached hydrogens (tertiary/aromatic N) is 2. The molecule has 25 heavy (non-hydrogen) atoms. The smallest absolute Gasteiger partial charge is 0.247 e. The molecule has 0 aliphatic heterocycles. The zero-order chi connectivity index (χ0) is 18.4. The van der Waals surface area contributed by atoms with Crippen LogP contribution in [-0.2, 0) is 11.2 Å². The Morgan fingerprint density at radius 1 is 1.32 bits per heavy atom. The predicted octanol–water partition coefficient (Wildman–Crippen LogP) is 2.89. The lowest BCUT2D eigenvalue weighted by molar-refractivity contribution is -0.122. The summed E-state index contributed by atoms with van der Waals surface area (Å²) in [5, 5.41) is 21.1. The number of carbonyl (C=O) groups is 1. The number of hydrogen-bond acceptors (Lipinski definition) is 5. The summed E-state index contributed by atoms with van der Waals surface area (Å²) in [5.74, 6) is 0.856. The highest BCUT2D eigenvalue weighted by Crippen LogP contribution is 2.20. The molecule has 0 bridgehead atoms. The molecule has 2 N–H and O–H groups in total. The van der Waals surface area contributed by atoms with Crippen LogP contribution in [0.3, 0.4) is 0 Å². The Balaban J connectivity index is 1.83. The van der Waals surface area contributed by atoms with Crippen molar-refractivity contribution in [1.29, 1.82) is 0 Å². The maximum Gasteiger partial charge on any atom is 0.247 e. The van der Waals surface area contributed by atoms with Crippen molar-refractivity contribution in [3.63, 3.8) is 0 Å². The largest absolute Gasteiger partial charge is 0.421 e. The average Bonchev–Trinajstić information content (AvgIpc) is 3.07. The molecular formula is C19H27N3O3. The molecule has 0 fully saturated rings. The summed E-state index contributed by atoms with van der Waals surface area (Å²) in [5.41, 5.74) is 1.11. The SMILES string of the molecule is CCC(C)C(C)(O)CNC(=O)CCc1nnc(-c2ccc(C)cc2)o1. The van der Waals surface area contributed by atoms with Crippen LogP contribution in [0.5, 0.6) is 0 Å². The van der Waals surface area contributed by atoms with Crippen LogP contribution in [0.1, 0.15) is 45.1 Å². The minimum absolute atomic E-state index is 0.112. The van der Waals surface area contributed by atoms with E-state index in [4.69, 9.17) is 4.42 Å². The molecule has 2 rings (SSSR count). The predicted molar refractivity (Wildman–Crippen MR) is 95.9 cm³/mol. The van der Waals surface area contributed by atoms with Gasteiger partial charge in [0, 0.05) is 24.9 Å². The normalized spacial score (nSPS) is 14.8. The molecule has 6 nitrogen and oxygen atoms in total. The molecule has 0 spiro atoms. The highest BCUT2D eigenvalue weighted by molar-refractivity contribution is 5.76. The Hall–Kier alpha value is -2.21. The number of carbonyl (C=O) groups excluding carboxylic acids is 1. The Morgan fingerprint density at radius 2 is 2.00 bits per heavy atom. The molecular weight excluding hydrogens is 318 g/mol. The molecule has 0 saturated carbocycles. The first kappa shape index (κ1) is 19.1. The van der Waals surface area contributed by atoms with Crippen LogP contribution in [-0.4, -0.2) is 33.4 Å². The molecule has 0 aliphatic rings. The van der Waals surface area contributed by atoms with Crippen molar-refractivity contribution in [2.45, 2.75) is 52.6 Å². The summed E-state index contributed by atoms with van der Waals surface area (Å²) in [6, 6.07) is 7.82. The van der Waals surface area contributed by atoms with Crippen molar-refractivity contribution in [3.05, 3.63) is 35.7 Å². The molecule has 0 aliphatic carbocycles. The molecule has 0 radical (unpaired) electrons. The summed E-state index contributed by atoms with van der Waals surface area (Å²) in [4.78, 5) is 12.0. The van der Waals surface area contributed by atoms with Gasteiger partial charge >= 0.3 is 0 Å². The van der Waals surface area contributed by atoms with Gasteiger partial charge in [-0.05, 0) is 31.9 Å². The minimum Gasteiger partial charge on any atom is -0.421 e. The van der Waals surface area contributed by atoms with Gasteiger partial charge in [0.05, 0.1) is 5.60 Å². The van der Waals surface area contributed by atoms with Crippen molar-refractivity contribution in [3.8, 4) is 11.5 Å². The van der Waals surface area contributed by atoms with Gasteiger partial charge in [0.15, 0.2) is 0 Å². The zero-order valence-electron chi connectivity index (χ0n) is 15.4. The lowest BCUT2D eigenvalue weighted by Gasteiger charge is -2.29. The van der Waals surface area contributed by atoms with E-state index in [1.165, 1.54) is 0 Å². The van der Waals surface area contributed by atoms with Crippen molar-refractivity contribution >= 4 is 5.91 Å². The topological polar surface area (TPSA) is 88.2 Å². The molecule has 0 saturated heterocycles. The van der Waals surface area contributed by atoms with Crippen LogP contribution in [0, 0.1) is 12.8 Å². The number of aryl methyl sites for hydroxylation is 2. The van der Waals surface area contributed by atoms with Crippen molar-refractivity contribution in [2.24, 2.45) is 5.92 Å². The summed E-state index contributed by atoms with van der Waals surface area (Å²) in [6.45, 7) is 7.98. The van der Waals surface area contributed by atoms with Crippen molar-refractivity contribution < 1.29 is 14.3 Å².